The van der Waals surface area contributed by atoms with Crippen molar-refractivity contribution in [3.63, 3.8) is 0 Å². The second kappa shape index (κ2) is 6.15. The predicted molar refractivity (Wildman–Crippen MR) is 98.2 cm³/mol. The number of ether oxygens (including phenoxy) is 1. The molecular formula is C20H16BrNO3. The van der Waals surface area contributed by atoms with Crippen LogP contribution in [-0.2, 0) is 14.3 Å². The largest absolute Gasteiger partial charge is 0.456 e. The molecular weight excluding hydrogens is 382 g/mol. The van der Waals surface area contributed by atoms with Gasteiger partial charge in [0, 0.05) is 22.5 Å². The second-order valence-electron chi connectivity index (χ2n) is 6.31. The number of carbonyl (C=O) groups is 2. The molecule has 0 saturated heterocycles. The van der Waals surface area contributed by atoms with Crippen molar-refractivity contribution < 1.29 is 14.3 Å². The monoisotopic (exact) mass is 397 g/mol. The highest BCUT2D eigenvalue weighted by molar-refractivity contribution is 9.10. The van der Waals surface area contributed by atoms with Crippen molar-refractivity contribution >= 4 is 33.5 Å². The van der Waals surface area contributed by atoms with Gasteiger partial charge in [-0.2, -0.15) is 0 Å². The van der Waals surface area contributed by atoms with Crippen LogP contribution in [0.15, 0.2) is 64.3 Å². The zero-order valence-corrected chi connectivity index (χ0v) is 15.2. The van der Waals surface area contributed by atoms with Crippen LogP contribution in [0.4, 0.5) is 5.69 Å². The van der Waals surface area contributed by atoms with Crippen LogP contribution in [0.1, 0.15) is 23.5 Å². The van der Waals surface area contributed by atoms with Gasteiger partial charge in [0.15, 0.2) is 0 Å². The molecule has 0 aliphatic carbocycles. The minimum atomic E-state index is -0.326. The van der Waals surface area contributed by atoms with Gasteiger partial charge in [-0.3, -0.25) is 9.69 Å². The van der Waals surface area contributed by atoms with E-state index in [4.69, 9.17) is 4.74 Å². The number of cyclic esters (lactones) is 1. The quantitative estimate of drug-likeness (QED) is 0.716. The second-order valence-corrected chi connectivity index (χ2v) is 7.23. The fourth-order valence-electron chi connectivity index (χ4n) is 3.50. The molecule has 0 spiro atoms. The molecule has 25 heavy (non-hydrogen) atoms. The Morgan fingerprint density at radius 3 is 2.60 bits per heavy atom. The Morgan fingerprint density at radius 2 is 1.88 bits per heavy atom. The number of anilines is 1. The van der Waals surface area contributed by atoms with Crippen molar-refractivity contribution in [2.45, 2.75) is 19.3 Å². The van der Waals surface area contributed by atoms with Crippen LogP contribution < -0.4 is 4.90 Å². The number of benzene rings is 2. The molecule has 4 rings (SSSR count). The van der Waals surface area contributed by atoms with Crippen molar-refractivity contribution in [3.8, 4) is 0 Å². The molecule has 2 aliphatic rings. The Bertz CT molecular complexity index is 901. The third-order valence-corrected chi connectivity index (χ3v) is 5.18. The van der Waals surface area contributed by atoms with Crippen LogP contribution in [0.2, 0.25) is 0 Å². The molecule has 4 nitrogen and oxygen atoms in total. The number of carbonyl (C=O) groups excluding carboxylic acids is 2. The van der Waals surface area contributed by atoms with E-state index in [1.165, 1.54) is 0 Å². The van der Waals surface area contributed by atoms with E-state index >= 15 is 0 Å². The van der Waals surface area contributed by atoms with Gasteiger partial charge >= 0.3 is 5.97 Å². The predicted octanol–water partition coefficient (Wildman–Crippen LogP) is 4.09. The topological polar surface area (TPSA) is 46.6 Å². The van der Waals surface area contributed by atoms with Crippen molar-refractivity contribution in [1.82, 2.24) is 0 Å². The number of nitrogens with zero attached hydrogens (tertiary/aromatic N) is 1. The van der Waals surface area contributed by atoms with Gasteiger partial charge in [0.2, 0.25) is 5.91 Å². The number of aryl methyl sites for hydroxylation is 1. The van der Waals surface area contributed by atoms with Crippen molar-refractivity contribution in [2.75, 3.05) is 11.5 Å². The summed E-state index contributed by atoms with van der Waals surface area (Å²) in [5, 5.41) is 0. The van der Waals surface area contributed by atoms with E-state index < -0.39 is 0 Å². The minimum absolute atomic E-state index is 0.0180. The van der Waals surface area contributed by atoms with Crippen molar-refractivity contribution in [3.05, 3.63) is 75.4 Å². The van der Waals surface area contributed by atoms with E-state index in [9.17, 15) is 9.59 Å². The van der Waals surface area contributed by atoms with Gasteiger partial charge in [0.25, 0.3) is 0 Å². The molecule has 2 aromatic rings. The van der Waals surface area contributed by atoms with Gasteiger partial charge in [-0.1, -0.05) is 40.2 Å². The van der Waals surface area contributed by atoms with Crippen LogP contribution in [0, 0.1) is 6.92 Å². The van der Waals surface area contributed by atoms with E-state index in [1.54, 1.807) is 4.90 Å². The fraction of sp³-hybridized carbons (Fsp3) is 0.200. The highest BCUT2D eigenvalue weighted by Crippen LogP contribution is 2.42. The first-order valence-electron chi connectivity index (χ1n) is 8.10. The lowest BCUT2D eigenvalue weighted by Gasteiger charge is -2.32. The summed E-state index contributed by atoms with van der Waals surface area (Å²) in [6.45, 7) is 2.12. The first kappa shape index (κ1) is 16.1. The third-order valence-electron chi connectivity index (χ3n) is 4.65. The average Bonchev–Trinajstić information content (AvgIpc) is 2.96. The summed E-state index contributed by atoms with van der Waals surface area (Å²) in [7, 11) is 0. The Balaban J connectivity index is 1.83. The molecule has 5 heteroatoms. The maximum Gasteiger partial charge on any atom is 0.336 e. The van der Waals surface area contributed by atoms with Gasteiger partial charge in [-0.15, -0.1) is 0 Å². The summed E-state index contributed by atoms with van der Waals surface area (Å²) in [4.78, 5) is 26.9. The standard InChI is InChI=1S/C20H16BrNO3/c1-12-3-2-4-15(9-12)22-17-11-25-20(24)19(17)16(10-18(22)23)13-5-7-14(21)8-6-13/h2-9,16H,10-11H2,1H3. The average molecular weight is 398 g/mol. The van der Waals surface area contributed by atoms with Gasteiger partial charge < -0.3 is 4.74 Å². The summed E-state index contributed by atoms with van der Waals surface area (Å²) in [5.41, 5.74) is 4.06. The highest BCUT2D eigenvalue weighted by atomic mass is 79.9. The normalized spacial score (nSPS) is 19.9. The molecule has 0 aromatic heterocycles. The number of amides is 1. The Hall–Kier alpha value is -2.40. The SMILES string of the molecule is Cc1cccc(N2C(=O)CC(c3ccc(Br)cc3)C3=C2COC3=O)c1. The molecule has 2 heterocycles. The van der Waals surface area contributed by atoms with Crippen LogP contribution in [0.25, 0.3) is 0 Å². The molecule has 2 aliphatic heterocycles. The fourth-order valence-corrected chi connectivity index (χ4v) is 3.76. The van der Waals surface area contributed by atoms with E-state index in [0.29, 0.717) is 11.3 Å². The van der Waals surface area contributed by atoms with Gasteiger partial charge in [-0.05, 0) is 42.3 Å². The van der Waals surface area contributed by atoms with Crippen LogP contribution in [0.5, 0.6) is 0 Å². The van der Waals surface area contributed by atoms with E-state index in [2.05, 4.69) is 15.9 Å². The minimum Gasteiger partial charge on any atom is -0.456 e. The molecule has 1 amide bonds. The number of hydrogen-bond acceptors (Lipinski definition) is 3. The molecule has 0 N–H and O–H groups in total. The van der Waals surface area contributed by atoms with Gasteiger partial charge in [-0.25, -0.2) is 4.79 Å². The Labute approximate surface area is 154 Å². The first-order valence-corrected chi connectivity index (χ1v) is 8.89. The summed E-state index contributed by atoms with van der Waals surface area (Å²) in [5.74, 6) is -0.602. The molecule has 1 unspecified atom stereocenters. The molecule has 0 saturated carbocycles. The Morgan fingerprint density at radius 1 is 1.12 bits per heavy atom. The summed E-state index contributed by atoms with van der Waals surface area (Å²) in [6.07, 6.45) is 0.253. The molecule has 0 bridgehead atoms. The molecule has 2 aromatic carbocycles. The van der Waals surface area contributed by atoms with Gasteiger partial charge in [0.1, 0.15) is 6.61 Å². The van der Waals surface area contributed by atoms with Crippen LogP contribution >= 0.6 is 15.9 Å². The van der Waals surface area contributed by atoms with E-state index in [1.807, 2.05) is 55.5 Å². The highest BCUT2D eigenvalue weighted by Gasteiger charge is 2.42. The van der Waals surface area contributed by atoms with E-state index in [-0.39, 0.29) is 30.8 Å². The van der Waals surface area contributed by atoms with Gasteiger partial charge in [0.05, 0.1) is 11.3 Å². The lowest BCUT2D eigenvalue weighted by atomic mass is 9.84. The molecule has 126 valence electrons. The molecule has 0 fully saturated rings. The van der Waals surface area contributed by atoms with Crippen LogP contribution in [0.3, 0.4) is 0 Å². The smallest absolute Gasteiger partial charge is 0.336 e. The van der Waals surface area contributed by atoms with E-state index in [0.717, 1.165) is 21.3 Å². The lowest BCUT2D eigenvalue weighted by Crippen LogP contribution is -2.37. The van der Waals surface area contributed by atoms with Crippen molar-refractivity contribution in [1.29, 1.82) is 0 Å². The number of rotatable bonds is 2. The maximum absolute atomic E-state index is 12.9. The molecule has 1 atom stereocenters. The van der Waals surface area contributed by atoms with Crippen LogP contribution in [-0.4, -0.2) is 18.5 Å². The Kier molecular flexibility index (Phi) is 3.96. The maximum atomic E-state index is 12.9. The first-order chi connectivity index (χ1) is 12.0. The summed E-state index contributed by atoms with van der Waals surface area (Å²) >= 11 is 3.42. The number of esters is 1. The third kappa shape index (κ3) is 2.78. The summed E-state index contributed by atoms with van der Waals surface area (Å²) < 4.78 is 6.25. The zero-order chi connectivity index (χ0) is 17.6. The number of halogens is 1. The molecule has 0 radical (unpaired) electrons. The lowest BCUT2D eigenvalue weighted by molar-refractivity contribution is -0.136. The summed E-state index contributed by atoms with van der Waals surface area (Å²) in [6, 6.07) is 15.5. The zero-order valence-electron chi connectivity index (χ0n) is 13.7. The van der Waals surface area contributed by atoms with Crippen molar-refractivity contribution in [2.24, 2.45) is 0 Å². The number of hydrogen-bond donors (Lipinski definition) is 0.